The lowest BCUT2D eigenvalue weighted by Gasteiger charge is -2.24. The summed E-state index contributed by atoms with van der Waals surface area (Å²) >= 11 is 0. The highest BCUT2D eigenvalue weighted by Crippen LogP contribution is 2.26. The zero-order valence-corrected chi connectivity index (χ0v) is 14.4. The first-order chi connectivity index (χ1) is 11.5. The standard InChI is InChI=1S/C17H22F3NO4/c1-4-5-6-21(10-17(18,19)20)16(24)13-7-11(2)15(12(3)8-13)25-9-14(22)23/h7-8H,4-6,9-10H2,1-3H3,(H,22,23). The number of hydrogen-bond acceptors (Lipinski definition) is 3. The minimum atomic E-state index is -4.47. The number of ether oxygens (including phenoxy) is 1. The molecule has 0 atom stereocenters. The number of unbranched alkanes of at least 4 members (excludes halogenated alkanes) is 1. The average molecular weight is 361 g/mol. The number of amides is 1. The predicted octanol–water partition coefficient (Wildman–Crippen LogP) is 3.57. The molecule has 0 radical (unpaired) electrons. The van der Waals surface area contributed by atoms with E-state index in [2.05, 4.69) is 0 Å². The van der Waals surface area contributed by atoms with E-state index in [1.165, 1.54) is 12.1 Å². The number of carbonyl (C=O) groups is 2. The molecule has 0 saturated carbocycles. The van der Waals surface area contributed by atoms with Gasteiger partial charge in [-0.15, -0.1) is 0 Å². The molecule has 8 heteroatoms. The van der Waals surface area contributed by atoms with E-state index in [4.69, 9.17) is 9.84 Å². The summed E-state index contributed by atoms with van der Waals surface area (Å²) in [6.45, 7) is 3.23. The molecule has 25 heavy (non-hydrogen) atoms. The van der Waals surface area contributed by atoms with Crippen molar-refractivity contribution in [1.29, 1.82) is 0 Å². The van der Waals surface area contributed by atoms with Gasteiger partial charge in [-0.05, 0) is 43.5 Å². The number of rotatable bonds is 8. The van der Waals surface area contributed by atoms with Gasteiger partial charge in [-0.25, -0.2) is 4.79 Å². The summed E-state index contributed by atoms with van der Waals surface area (Å²) < 4.78 is 43.4. The first-order valence-electron chi connectivity index (χ1n) is 7.87. The second-order valence-corrected chi connectivity index (χ2v) is 5.82. The molecule has 5 nitrogen and oxygen atoms in total. The Labute approximate surface area is 144 Å². The van der Waals surface area contributed by atoms with Crippen molar-refractivity contribution in [2.45, 2.75) is 39.8 Å². The molecule has 1 aromatic carbocycles. The number of halogens is 3. The van der Waals surface area contributed by atoms with Crippen LogP contribution in [0.3, 0.4) is 0 Å². The summed E-state index contributed by atoms with van der Waals surface area (Å²) in [6.07, 6.45) is -3.33. The minimum Gasteiger partial charge on any atom is -0.481 e. The van der Waals surface area contributed by atoms with Gasteiger partial charge in [0, 0.05) is 12.1 Å². The van der Waals surface area contributed by atoms with Gasteiger partial charge in [0.15, 0.2) is 6.61 Å². The third-order valence-corrected chi connectivity index (χ3v) is 3.49. The van der Waals surface area contributed by atoms with E-state index in [0.29, 0.717) is 29.7 Å². The highest BCUT2D eigenvalue weighted by molar-refractivity contribution is 5.95. The lowest BCUT2D eigenvalue weighted by atomic mass is 10.0. The Morgan fingerprint density at radius 1 is 1.20 bits per heavy atom. The topological polar surface area (TPSA) is 66.8 Å². The highest BCUT2D eigenvalue weighted by Gasteiger charge is 2.33. The third-order valence-electron chi connectivity index (χ3n) is 3.49. The quantitative estimate of drug-likeness (QED) is 0.769. The molecule has 0 fully saturated rings. The SMILES string of the molecule is CCCCN(CC(F)(F)F)C(=O)c1cc(C)c(OCC(=O)O)c(C)c1. The Hall–Kier alpha value is -2.25. The number of benzene rings is 1. The fourth-order valence-corrected chi connectivity index (χ4v) is 2.44. The maximum Gasteiger partial charge on any atom is 0.406 e. The zero-order chi connectivity index (χ0) is 19.2. The van der Waals surface area contributed by atoms with Crippen molar-refractivity contribution in [2.24, 2.45) is 0 Å². The number of carboxylic acid groups (broad SMARTS) is 1. The largest absolute Gasteiger partial charge is 0.481 e. The van der Waals surface area contributed by atoms with Crippen LogP contribution in [0.5, 0.6) is 5.75 Å². The summed E-state index contributed by atoms with van der Waals surface area (Å²) in [5.74, 6) is -1.54. The van der Waals surface area contributed by atoms with Crippen LogP contribution in [-0.2, 0) is 4.79 Å². The molecule has 0 bridgehead atoms. The Balaban J connectivity index is 3.06. The molecule has 0 aromatic heterocycles. The molecule has 0 aliphatic rings. The van der Waals surface area contributed by atoms with Crippen LogP contribution in [0.15, 0.2) is 12.1 Å². The molecule has 0 unspecified atom stereocenters. The molecule has 0 spiro atoms. The van der Waals surface area contributed by atoms with Crippen molar-refractivity contribution in [2.75, 3.05) is 19.7 Å². The molecule has 0 aliphatic heterocycles. The molecule has 1 amide bonds. The molecule has 1 rings (SSSR count). The van der Waals surface area contributed by atoms with Gasteiger partial charge in [0.05, 0.1) is 0 Å². The summed E-state index contributed by atoms with van der Waals surface area (Å²) in [5.41, 5.74) is 1.11. The average Bonchev–Trinajstić information content (AvgIpc) is 2.48. The molecular formula is C17H22F3NO4. The first kappa shape index (κ1) is 20.8. The van der Waals surface area contributed by atoms with Gasteiger partial charge in [-0.2, -0.15) is 13.2 Å². The van der Waals surface area contributed by atoms with Crippen LogP contribution in [0.4, 0.5) is 13.2 Å². The van der Waals surface area contributed by atoms with Crippen LogP contribution < -0.4 is 4.74 Å². The van der Waals surface area contributed by atoms with Crippen molar-refractivity contribution in [3.8, 4) is 5.75 Å². The summed E-state index contributed by atoms with van der Waals surface area (Å²) in [7, 11) is 0. The van der Waals surface area contributed by atoms with Crippen LogP contribution in [0.2, 0.25) is 0 Å². The van der Waals surface area contributed by atoms with Gasteiger partial charge in [0.25, 0.3) is 5.91 Å². The third kappa shape index (κ3) is 6.64. The molecule has 140 valence electrons. The van der Waals surface area contributed by atoms with E-state index in [1.54, 1.807) is 13.8 Å². The maximum atomic E-state index is 12.7. The number of aryl methyl sites for hydroxylation is 2. The molecule has 1 aromatic rings. The van der Waals surface area contributed by atoms with E-state index in [9.17, 15) is 22.8 Å². The summed E-state index contributed by atoms with van der Waals surface area (Å²) in [4.78, 5) is 23.9. The molecular weight excluding hydrogens is 339 g/mol. The van der Waals surface area contributed by atoms with Crippen molar-refractivity contribution in [3.63, 3.8) is 0 Å². The van der Waals surface area contributed by atoms with Crippen molar-refractivity contribution in [3.05, 3.63) is 28.8 Å². The van der Waals surface area contributed by atoms with Crippen LogP contribution in [-0.4, -0.2) is 47.8 Å². The van der Waals surface area contributed by atoms with Crippen molar-refractivity contribution >= 4 is 11.9 Å². The Morgan fingerprint density at radius 3 is 2.20 bits per heavy atom. The molecule has 0 heterocycles. The van der Waals surface area contributed by atoms with E-state index in [0.717, 1.165) is 4.90 Å². The maximum absolute atomic E-state index is 12.7. The molecule has 1 N–H and O–H groups in total. The van der Waals surface area contributed by atoms with Gasteiger partial charge < -0.3 is 14.7 Å². The Kier molecular flexibility index (Phi) is 7.26. The van der Waals surface area contributed by atoms with Gasteiger partial charge in [-0.3, -0.25) is 4.79 Å². The van der Waals surface area contributed by atoms with Crippen molar-refractivity contribution in [1.82, 2.24) is 4.90 Å². The number of carbonyl (C=O) groups excluding carboxylic acids is 1. The number of alkyl halides is 3. The highest BCUT2D eigenvalue weighted by atomic mass is 19.4. The lowest BCUT2D eigenvalue weighted by molar-refractivity contribution is -0.141. The van der Waals surface area contributed by atoms with Crippen LogP contribution in [0, 0.1) is 13.8 Å². The minimum absolute atomic E-state index is 0.0181. The summed E-state index contributed by atoms with van der Waals surface area (Å²) in [5, 5.41) is 8.67. The fourth-order valence-electron chi connectivity index (χ4n) is 2.44. The van der Waals surface area contributed by atoms with Gasteiger partial charge >= 0.3 is 12.1 Å². The lowest BCUT2D eigenvalue weighted by Crippen LogP contribution is -2.39. The zero-order valence-electron chi connectivity index (χ0n) is 14.4. The van der Waals surface area contributed by atoms with E-state index in [1.807, 2.05) is 6.92 Å². The molecule has 0 saturated heterocycles. The van der Waals surface area contributed by atoms with Crippen LogP contribution in [0.25, 0.3) is 0 Å². The number of nitrogens with zero attached hydrogens (tertiary/aromatic N) is 1. The Morgan fingerprint density at radius 2 is 1.76 bits per heavy atom. The van der Waals surface area contributed by atoms with Crippen molar-refractivity contribution < 1.29 is 32.6 Å². The second-order valence-electron chi connectivity index (χ2n) is 5.82. The van der Waals surface area contributed by atoms with Gasteiger partial charge in [0.2, 0.25) is 0 Å². The monoisotopic (exact) mass is 361 g/mol. The Bertz CT molecular complexity index is 606. The smallest absolute Gasteiger partial charge is 0.406 e. The van der Waals surface area contributed by atoms with E-state index in [-0.39, 0.29) is 12.1 Å². The first-order valence-corrected chi connectivity index (χ1v) is 7.87. The van der Waals surface area contributed by atoms with Gasteiger partial charge in [-0.1, -0.05) is 13.3 Å². The second kappa shape index (κ2) is 8.73. The fraction of sp³-hybridized carbons (Fsp3) is 0.529. The van der Waals surface area contributed by atoms with E-state index < -0.39 is 31.2 Å². The van der Waals surface area contributed by atoms with Crippen LogP contribution >= 0.6 is 0 Å². The summed E-state index contributed by atoms with van der Waals surface area (Å²) in [6, 6.07) is 2.84. The molecule has 0 aliphatic carbocycles. The number of hydrogen-bond donors (Lipinski definition) is 1. The normalized spacial score (nSPS) is 11.3. The number of aliphatic carboxylic acids is 1. The van der Waals surface area contributed by atoms with Crippen LogP contribution in [0.1, 0.15) is 41.3 Å². The number of carboxylic acids is 1. The predicted molar refractivity (Wildman–Crippen MR) is 85.9 cm³/mol. The van der Waals surface area contributed by atoms with E-state index >= 15 is 0 Å². The van der Waals surface area contributed by atoms with Gasteiger partial charge in [0.1, 0.15) is 12.3 Å².